The van der Waals surface area contributed by atoms with Crippen molar-refractivity contribution < 1.29 is 4.79 Å². The first-order chi connectivity index (χ1) is 15.5. The third-order valence-corrected chi connectivity index (χ3v) is 8.13. The van der Waals surface area contributed by atoms with E-state index in [1.54, 1.807) is 23.9 Å². The minimum atomic E-state index is 0.0823. The molecule has 2 aliphatic rings. The lowest BCUT2D eigenvalue weighted by Gasteiger charge is -2.39. The Morgan fingerprint density at radius 3 is 2.44 bits per heavy atom. The molecule has 168 valence electrons. The van der Waals surface area contributed by atoms with Gasteiger partial charge in [-0.3, -0.25) is 4.79 Å². The molecule has 0 unspecified atom stereocenters. The van der Waals surface area contributed by atoms with E-state index >= 15 is 0 Å². The summed E-state index contributed by atoms with van der Waals surface area (Å²) in [5.41, 5.74) is 1.27. The van der Waals surface area contributed by atoms with E-state index in [4.69, 9.17) is 11.6 Å². The van der Waals surface area contributed by atoms with Crippen molar-refractivity contribution in [2.45, 2.75) is 26.7 Å². The number of halogens is 1. The van der Waals surface area contributed by atoms with Crippen molar-refractivity contribution in [1.82, 2.24) is 19.9 Å². The zero-order valence-electron chi connectivity index (χ0n) is 18.4. The van der Waals surface area contributed by atoms with Crippen LogP contribution in [0.4, 0.5) is 11.6 Å². The Morgan fingerprint density at radius 2 is 1.72 bits per heavy atom. The first kappa shape index (κ1) is 21.4. The molecule has 2 saturated heterocycles. The summed E-state index contributed by atoms with van der Waals surface area (Å²) in [6.07, 6.45) is 5.14. The van der Waals surface area contributed by atoms with Gasteiger partial charge in [-0.25, -0.2) is 15.0 Å². The highest BCUT2D eigenvalue weighted by Crippen LogP contribution is 2.36. The number of aryl methyl sites for hydroxylation is 2. The third-order valence-electron chi connectivity index (χ3n) is 6.72. The number of hydrogen-bond donors (Lipinski definition) is 0. The van der Waals surface area contributed by atoms with E-state index in [2.05, 4.69) is 38.6 Å². The average Bonchev–Trinajstić information content (AvgIpc) is 3.13. The lowest BCUT2D eigenvalue weighted by Crippen LogP contribution is -2.52. The van der Waals surface area contributed by atoms with Crippen LogP contribution in [0.5, 0.6) is 0 Å². The van der Waals surface area contributed by atoms with Crippen LogP contribution in [0.3, 0.4) is 0 Å². The summed E-state index contributed by atoms with van der Waals surface area (Å²) in [6, 6.07) is 3.70. The SMILES string of the molecule is Cc1sc2ncnc(N3CCC(C(=O)N4CCN(c5ncccc5Cl)CC4)CC3)c2c1C. The Bertz CT molecular complexity index is 1130. The number of fused-ring (bicyclic) bond motifs is 1. The van der Waals surface area contributed by atoms with Crippen molar-refractivity contribution in [3.05, 3.63) is 40.1 Å². The van der Waals surface area contributed by atoms with Gasteiger partial charge in [0.2, 0.25) is 5.91 Å². The van der Waals surface area contributed by atoms with Gasteiger partial charge in [0.15, 0.2) is 0 Å². The molecular formula is C23H27ClN6OS. The van der Waals surface area contributed by atoms with Crippen molar-refractivity contribution in [2.75, 3.05) is 49.1 Å². The Balaban J connectivity index is 1.20. The fourth-order valence-electron chi connectivity index (χ4n) is 4.75. The maximum Gasteiger partial charge on any atom is 0.225 e. The van der Waals surface area contributed by atoms with Crippen molar-refractivity contribution >= 4 is 50.7 Å². The number of piperazine rings is 1. The van der Waals surface area contributed by atoms with Gasteiger partial charge < -0.3 is 14.7 Å². The van der Waals surface area contributed by atoms with Crippen LogP contribution in [0.2, 0.25) is 5.02 Å². The number of pyridine rings is 1. The molecule has 32 heavy (non-hydrogen) atoms. The first-order valence-corrected chi connectivity index (χ1v) is 12.3. The smallest absolute Gasteiger partial charge is 0.225 e. The van der Waals surface area contributed by atoms with Crippen LogP contribution in [0.15, 0.2) is 24.7 Å². The molecule has 7 nitrogen and oxygen atoms in total. The van der Waals surface area contributed by atoms with Gasteiger partial charge in [-0.2, -0.15) is 0 Å². The number of piperidine rings is 1. The number of carbonyl (C=O) groups is 1. The summed E-state index contributed by atoms with van der Waals surface area (Å²) in [5, 5.41) is 1.83. The largest absolute Gasteiger partial charge is 0.356 e. The highest BCUT2D eigenvalue weighted by atomic mass is 35.5. The van der Waals surface area contributed by atoms with E-state index < -0.39 is 0 Å². The van der Waals surface area contributed by atoms with E-state index in [0.29, 0.717) is 18.1 Å². The maximum absolute atomic E-state index is 13.2. The number of rotatable bonds is 3. The predicted octanol–water partition coefficient (Wildman–Crippen LogP) is 3.92. The second kappa shape index (κ2) is 8.83. The van der Waals surface area contributed by atoms with Crippen LogP contribution >= 0.6 is 22.9 Å². The molecular weight excluding hydrogens is 444 g/mol. The van der Waals surface area contributed by atoms with Gasteiger partial charge >= 0.3 is 0 Å². The van der Waals surface area contributed by atoms with Crippen molar-refractivity contribution in [2.24, 2.45) is 5.92 Å². The second-order valence-corrected chi connectivity index (χ2v) is 10.2. The lowest BCUT2D eigenvalue weighted by molar-refractivity contribution is -0.136. The molecule has 0 aliphatic carbocycles. The number of carbonyl (C=O) groups excluding carboxylic acids is 1. The van der Waals surface area contributed by atoms with Gasteiger partial charge in [-0.15, -0.1) is 11.3 Å². The van der Waals surface area contributed by atoms with Crippen molar-refractivity contribution in [3.8, 4) is 0 Å². The maximum atomic E-state index is 13.2. The zero-order chi connectivity index (χ0) is 22.2. The summed E-state index contributed by atoms with van der Waals surface area (Å²) in [6.45, 7) is 8.93. The van der Waals surface area contributed by atoms with Gasteiger partial charge in [0.25, 0.3) is 0 Å². The van der Waals surface area contributed by atoms with Crippen LogP contribution < -0.4 is 9.80 Å². The second-order valence-electron chi connectivity index (χ2n) is 8.54. The number of thiophene rings is 1. The third kappa shape index (κ3) is 3.90. The van der Waals surface area contributed by atoms with Crippen molar-refractivity contribution in [1.29, 1.82) is 0 Å². The molecule has 5 rings (SSSR count). The van der Waals surface area contributed by atoms with E-state index in [1.165, 1.54) is 15.8 Å². The summed E-state index contributed by atoms with van der Waals surface area (Å²) in [4.78, 5) is 35.5. The molecule has 5 heterocycles. The van der Waals surface area contributed by atoms with E-state index in [0.717, 1.165) is 55.5 Å². The molecule has 3 aromatic heterocycles. The minimum absolute atomic E-state index is 0.0823. The molecule has 0 N–H and O–H groups in total. The monoisotopic (exact) mass is 470 g/mol. The Morgan fingerprint density at radius 1 is 1.00 bits per heavy atom. The summed E-state index contributed by atoms with van der Waals surface area (Å²) >= 11 is 8.02. The zero-order valence-corrected chi connectivity index (χ0v) is 20.0. The topological polar surface area (TPSA) is 65.5 Å². The number of hydrogen-bond acceptors (Lipinski definition) is 7. The summed E-state index contributed by atoms with van der Waals surface area (Å²) < 4.78 is 0. The molecule has 0 spiro atoms. The van der Waals surface area contributed by atoms with Crippen LogP contribution in [-0.4, -0.2) is 65.0 Å². The minimum Gasteiger partial charge on any atom is -0.356 e. The fourth-order valence-corrected chi connectivity index (χ4v) is 5.98. The lowest BCUT2D eigenvalue weighted by atomic mass is 9.94. The van der Waals surface area contributed by atoms with E-state index in [-0.39, 0.29) is 11.8 Å². The molecule has 0 radical (unpaired) electrons. The fraction of sp³-hybridized carbons (Fsp3) is 0.478. The average molecular weight is 471 g/mol. The van der Waals surface area contributed by atoms with Gasteiger partial charge in [0.05, 0.1) is 10.4 Å². The standard InChI is InChI=1S/C23H27ClN6OS/c1-15-16(2)32-22-19(15)21(26-14-27-22)28-8-5-17(6-9-28)23(31)30-12-10-29(11-13-30)20-18(24)4-3-7-25-20/h3-4,7,14,17H,5-6,8-13H2,1-2H3. The highest BCUT2D eigenvalue weighted by Gasteiger charge is 2.32. The van der Waals surface area contributed by atoms with Crippen molar-refractivity contribution in [3.63, 3.8) is 0 Å². The Kier molecular flexibility index (Phi) is 5.90. The highest BCUT2D eigenvalue weighted by molar-refractivity contribution is 7.18. The summed E-state index contributed by atoms with van der Waals surface area (Å²) in [5.74, 6) is 2.19. The normalized spacial score (nSPS) is 17.9. The summed E-state index contributed by atoms with van der Waals surface area (Å²) in [7, 11) is 0. The first-order valence-electron chi connectivity index (χ1n) is 11.1. The number of nitrogens with zero attached hydrogens (tertiary/aromatic N) is 6. The van der Waals surface area contributed by atoms with Crippen LogP contribution in [0, 0.1) is 19.8 Å². The van der Waals surface area contributed by atoms with Crippen LogP contribution in [0.25, 0.3) is 10.2 Å². The molecule has 0 bridgehead atoms. The molecule has 3 aromatic rings. The Labute approximate surface area is 197 Å². The molecule has 2 fully saturated rings. The van der Waals surface area contributed by atoms with Gasteiger partial charge in [0, 0.05) is 56.3 Å². The van der Waals surface area contributed by atoms with Gasteiger partial charge in [-0.1, -0.05) is 11.6 Å². The van der Waals surface area contributed by atoms with Gasteiger partial charge in [0.1, 0.15) is 22.8 Å². The predicted molar refractivity (Wildman–Crippen MR) is 130 cm³/mol. The van der Waals surface area contributed by atoms with E-state index in [9.17, 15) is 4.79 Å². The number of anilines is 2. The molecule has 0 saturated carbocycles. The molecule has 0 atom stereocenters. The molecule has 0 aromatic carbocycles. The van der Waals surface area contributed by atoms with E-state index in [1.807, 2.05) is 17.0 Å². The van der Waals surface area contributed by atoms with Crippen LogP contribution in [0.1, 0.15) is 23.3 Å². The van der Waals surface area contributed by atoms with Gasteiger partial charge in [-0.05, 0) is 44.4 Å². The molecule has 1 amide bonds. The molecule has 2 aliphatic heterocycles. The number of aromatic nitrogens is 3. The molecule has 9 heteroatoms. The van der Waals surface area contributed by atoms with Crippen LogP contribution in [-0.2, 0) is 4.79 Å². The Hall–Kier alpha value is -2.45. The number of amides is 1. The quantitative estimate of drug-likeness (QED) is 0.578.